The molecule has 0 radical (unpaired) electrons. The number of benzene rings is 2. The second kappa shape index (κ2) is 9.84. The van der Waals surface area contributed by atoms with Crippen LogP contribution in [-0.2, 0) is 17.8 Å². The van der Waals surface area contributed by atoms with Crippen LogP contribution in [0.15, 0.2) is 58.2 Å². The normalized spacial score (nSPS) is 10.7. The van der Waals surface area contributed by atoms with Crippen molar-refractivity contribution >= 4 is 45.1 Å². The quantitative estimate of drug-likeness (QED) is 0.385. The summed E-state index contributed by atoms with van der Waals surface area (Å²) in [6.45, 7) is 4.58. The number of amides is 1. The van der Waals surface area contributed by atoms with Gasteiger partial charge in [-0.2, -0.15) is 0 Å². The Morgan fingerprint density at radius 2 is 1.76 bits per heavy atom. The van der Waals surface area contributed by atoms with Crippen molar-refractivity contribution in [2.45, 2.75) is 32.0 Å². The first-order valence-electron chi connectivity index (χ1n) is 9.16. The molecule has 150 valence electrons. The minimum atomic E-state index is -0.154. The van der Waals surface area contributed by atoms with Crippen molar-refractivity contribution in [3.8, 4) is 0 Å². The standard InChI is InChI=1S/C21H21BrN4O2S/c1-3-26-19(12-20(28)23-17-10-4-14(2)5-11-17)24-25-21(26)29-13-18(27)15-6-8-16(22)9-7-15/h4-11H,3,12-13H2,1-2H3,(H,23,28). The predicted octanol–water partition coefficient (Wildman–Crippen LogP) is 4.53. The summed E-state index contributed by atoms with van der Waals surface area (Å²) in [6.07, 6.45) is 0.121. The van der Waals surface area contributed by atoms with Crippen LogP contribution in [0.1, 0.15) is 28.7 Å². The van der Waals surface area contributed by atoms with E-state index in [9.17, 15) is 9.59 Å². The van der Waals surface area contributed by atoms with Crippen molar-refractivity contribution in [2.75, 3.05) is 11.1 Å². The van der Waals surface area contributed by atoms with Crippen LogP contribution in [0.3, 0.4) is 0 Å². The van der Waals surface area contributed by atoms with Crippen molar-refractivity contribution in [2.24, 2.45) is 0 Å². The number of Topliss-reactive ketones (excluding diaryl/α,β-unsaturated/α-hetero) is 1. The molecule has 2 aromatic carbocycles. The molecule has 1 amide bonds. The minimum absolute atomic E-state index is 0.0202. The number of ketones is 1. The first-order valence-corrected chi connectivity index (χ1v) is 10.9. The highest BCUT2D eigenvalue weighted by Gasteiger charge is 2.16. The fourth-order valence-corrected chi connectivity index (χ4v) is 3.89. The topological polar surface area (TPSA) is 76.9 Å². The smallest absolute Gasteiger partial charge is 0.232 e. The van der Waals surface area contributed by atoms with E-state index in [4.69, 9.17) is 0 Å². The van der Waals surface area contributed by atoms with Crippen LogP contribution in [0.25, 0.3) is 0 Å². The summed E-state index contributed by atoms with van der Waals surface area (Å²) in [5.74, 6) is 0.705. The molecule has 3 rings (SSSR count). The number of halogens is 1. The van der Waals surface area contributed by atoms with E-state index in [2.05, 4.69) is 31.4 Å². The SMILES string of the molecule is CCn1c(CC(=O)Nc2ccc(C)cc2)nnc1SCC(=O)c1ccc(Br)cc1. The van der Waals surface area contributed by atoms with E-state index in [0.29, 0.717) is 23.1 Å². The van der Waals surface area contributed by atoms with Crippen LogP contribution in [0.4, 0.5) is 5.69 Å². The van der Waals surface area contributed by atoms with Gasteiger partial charge in [0, 0.05) is 22.3 Å². The molecule has 6 nitrogen and oxygen atoms in total. The van der Waals surface area contributed by atoms with Crippen LogP contribution in [0.2, 0.25) is 0 Å². The lowest BCUT2D eigenvalue weighted by Crippen LogP contribution is -2.17. The number of carbonyl (C=O) groups is 2. The van der Waals surface area contributed by atoms with Gasteiger partial charge in [0.1, 0.15) is 5.82 Å². The zero-order valence-electron chi connectivity index (χ0n) is 16.2. The number of thioether (sulfide) groups is 1. The number of hydrogen-bond acceptors (Lipinski definition) is 5. The molecular weight excluding hydrogens is 452 g/mol. The summed E-state index contributed by atoms with van der Waals surface area (Å²) in [4.78, 5) is 24.7. The van der Waals surface area contributed by atoms with Gasteiger partial charge in [-0.15, -0.1) is 10.2 Å². The van der Waals surface area contributed by atoms with Crippen LogP contribution in [0.5, 0.6) is 0 Å². The maximum Gasteiger partial charge on any atom is 0.232 e. The predicted molar refractivity (Wildman–Crippen MR) is 118 cm³/mol. The Bertz CT molecular complexity index is 1000. The second-order valence-corrected chi connectivity index (χ2v) is 8.31. The number of hydrogen-bond donors (Lipinski definition) is 1. The molecule has 0 saturated carbocycles. The molecule has 0 aliphatic rings. The van der Waals surface area contributed by atoms with Crippen molar-refractivity contribution in [3.63, 3.8) is 0 Å². The van der Waals surface area contributed by atoms with E-state index in [1.54, 1.807) is 12.1 Å². The zero-order valence-corrected chi connectivity index (χ0v) is 18.6. The molecular formula is C21H21BrN4O2S. The Kier molecular flexibility index (Phi) is 7.22. The van der Waals surface area contributed by atoms with Gasteiger partial charge in [0.05, 0.1) is 12.2 Å². The molecule has 0 unspecified atom stereocenters. The molecule has 3 aromatic rings. The molecule has 8 heteroatoms. The Hall–Kier alpha value is -2.45. The number of nitrogens with one attached hydrogen (secondary N) is 1. The molecule has 1 N–H and O–H groups in total. The molecule has 0 fully saturated rings. The molecule has 1 aromatic heterocycles. The van der Waals surface area contributed by atoms with Crippen molar-refractivity contribution < 1.29 is 9.59 Å². The largest absolute Gasteiger partial charge is 0.326 e. The van der Waals surface area contributed by atoms with Crippen LogP contribution >= 0.6 is 27.7 Å². The lowest BCUT2D eigenvalue weighted by Gasteiger charge is -2.08. The number of aryl methyl sites for hydroxylation is 1. The number of anilines is 1. The summed E-state index contributed by atoms with van der Waals surface area (Å²) < 4.78 is 2.80. The number of aromatic nitrogens is 3. The lowest BCUT2D eigenvalue weighted by atomic mass is 10.2. The average Bonchev–Trinajstić information content (AvgIpc) is 3.09. The van der Waals surface area contributed by atoms with Gasteiger partial charge in [0.15, 0.2) is 10.9 Å². The molecule has 0 bridgehead atoms. The van der Waals surface area contributed by atoms with E-state index in [1.807, 2.05) is 54.8 Å². The molecule has 0 atom stereocenters. The summed E-state index contributed by atoms with van der Waals surface area (Å²) in [7, 11) is 0. The van der Waals surface area contributed by atoms with E-state index in [-0.39, 0.29) is 23.9 Å². The third-order valence-electron chi connectivity index (χ3n) is 4.26. The first-order chi connectivity index (χ1) is 14.0. The summed E-state index contributed by atoms with van der Waals surface area (Å²) >= 11 is 4.69. The van der Waals surface area contributed by atoms with Gasteiger partial charge in [-0.05, 0) is 38.1 Å². The van der Waals surface area contributed by atoms with Gasteiger partial charge < -0.3 is 9.88 Å². The maximum absolute atomic E-state index is 12.4. The summed E-state index contributed by atoms with van der Waals surface area (Å²) in [5.41, 5.74) is 2.53. The van der Waals surface area contributed by atoms with Crippen LogP contribution in [-0.4, -0.2) is 32.2 Å². The molecule has 29 heavy (non-hydrogen) atoms. The van der Waals surface area contributed by atoms with Crippen LogP contribution in [0, 0.1) is 6.92 Å². The Labute approximate surface area is 182 Å². The molecule has 1 heterocycles. The van der Waals surface area contributed by atoms with E-state index >= 15 is 0 Å². The van der Waals surface area contributed by atoms with Gasteiger partial charge >= 0.3 is 0 Å². The van der Waals surface area contributed by atoms with Gasteiger partial charge in [-0.3, -0.25) is 9.59 Å². The average molecular weight is 473 g/mol. The molecule has 0 saturated heterocycles. The number of nitrogens with zero attached hydrogens (tertiary/aromatic N) is 3. The zero-order chi connectivity index (χ0) is 20.8. The van der Waals surface area contributed by atoms with E-state index in [0.717, 1.165) is 15.7 Å². The summed E-state index contributed by atoms with van der Waals surface area (Å²) in [6, 6.07) is 14.9. The molecule has 0 aliphatic heterocycles. The van der Waals surface area contributed by atoms with Crippen molar-refractivity contribution in [1.29, 1.82) is 0 Å². The second-order valence-electron chi connectivity index (χ2n) is 6.45. The number of carbonyl (C=O) groups excluding carboxylic acids is 2. The maximum atomic E-state index is 12.4. The fraction of sp³-hybridized carbons (Fsp3) is 0.238. The molecule has 0 aliphatic carbocycles. The highest BCUT2D eigenvalue weighted by molar-refractivity contribution is 9.10. The van der Waals surface area contributed by atoms with Gasteiger partial charge in [0.2, 0.25) is 5.91 Å². The van der Waals surface area contributed by atoms with Crippen molar-refractivity contribution in [1.82, 2.24) is 14.8 Å². The third-order valence-corrected chi connectivity index (χ3v) is 5.76. The van der Waals surface area contributed by atoms with E-state index < -0.39 is 0 Å². The highest BCUT2D eigenvalue weighted by Crippen LogP contribution is 2.20. The van der Waals surface area contributed by atoms with Gasteiger partial charge in [0.25, 0.3) is 0 Å². The highest BCUT2D eigenvalue weighted by atomic mass is 79.9. The summed E-state index contributed by atoms with van der Waals surface area (Å²) in [5, 5.41) is 11.8. The first kappa shape index (κ1) is 21.3. The Balaban J connectivity index is 1.61. The molecule has 0 spiro atoms. The minimum Gasteiger partial charge on any atom is -0.326 e. The lowest BCUT2D eigenvalue weighted by molar-refractivity contribution is -0.115. The third kappa shape index (κ3) is 5.77. The van der Waals surface area contributed by atoms with Crippen molar-refractivity contribution in [3.05, 3.63) is 70.0 Å². The Morgan fingerprint density at radius 1 is 1.07 bits per heavy atom. The fourth-order valence-electron chi connectivity index (χ4n) is 2.71. The van der Waals surface area contributed by atoms with Gasteiger partial charge in [-0.1, -0.05) is 57.5 Å². The Morgan fingerprint density at radius 3 is 2.41 bits per heavy atom. The number of rotatable bonds is 8. The van der Waals surface area contributed by atoms with Gasteiger partial charge in [-0.25, -0.2) is 0 Å². The van der Waals surface area contributed by atoms with Crippen LogP contribution < -0.4 is 5.32 Å². The monoisotopic (exact) mass is 472 g/mol. The van der Waals surface area contributed by atoms with E-state index in [1.165, 1.54) is 11.8 Å².